The van der Waals surface area contributed by atoms with Gasteiger partial charge >= 0.3 is 0 Å². The molecule has 1 aromatic carbocycles. The van der Waals surface area contributed by atoms with E-state index in [0.717, 1.165) is 11.8 Å². The van der Waals surface area contributed by atoms with Crippen molar-refractivity contribution in [2.24, 2.45) is 11.8 Å². The molecule has 1 aliphatic carbocycles. The lowest BCUT2D eigenvalue weighted by atomic mass is 9.99. The minimum absolute atomic E-state index is 0.897. The van der Waals surface area contributed by atoms with Crippen LogP contribution in [-0.2, 0) is 6.42 Å². The molecule has 1 fully saturated rings. The van der Waals surface area contributed by atoms with Gasteiger partial charge in [-0.15, -0.1) is 0 Å². The van der Waals surface area contributed by atoms with E-state index in [1.165, 1.54) is 24.8 Å². The molecule has 0 bridgehead atoms. The predicted molar refractivity (Wildman–Crippen MR) is 61.0 cm³/mol. The third-order valence-corrected chi connectivity index (χ3v) is 3.45. The summed E-state index contributed by atoms with van der Waals surface area (Å²) in [7, 11) is 0. The zero-order chi connectivity index (χ0) is 9.97. The standard InChI is InChI=1S/C14H19/c1-3-11(2)14-10-13(14)9-12-7-5-4-6-8-12/h4-8,11,14H,3,9-10H2,1-2H3. The maximum absolute atomic E-state index is 2.38. The van der Waals surface area contributed by atoms with Crippen molar-refractivity contribution in [2.75, 3.05) is 0 Å². The Balaban J connectivity index is 1.85. The van der Waals surface area contributed by atoms with Crippen LogP contribution in [0.15, 0.2) is 30.3 Å². The second-order valence-corrected chi connectivity index (χ2v) is 4.52. The van der Waals surface area contributed by atoms with Gasteiger partial charge in [-0.2, -0.15) is 0 Å². The van der Waals surface area contributed by atoms with Gasteiger partial charge in [-0.1, -0.05) is 50.6 Å². The third kappa shape index (κ3) is 2.17. The van der Waals surface area contributed by atoms with Crippen LogP contribution in [0.3, 0.4) is 0 Å². The summed E-state index contributed by atoms with van der Waals surface area (Å²) in [4.78, 5) is 0. The lowest BCUT2D eigenvalue weighted by Crippen LogP contribution is -1.97. The molecule has 2 atom stereocenters. The highest BCUT2D eigenvalue weighted by molar-refractivity contribution is 5.26. The molecule has 0 aromatic heterocycles. The van der Waals surface area contributed by atoms with E-state index in [1.807, 2.05) is 0 Å². The summed E-state index contributed by atoms with van der Waals surface area (Å²) in [6, 6.07) is 10.8. The van der Waals surface area contributed by atoms with Crippen molar-refractivity contribution >= 4 is 0 Å². The lowest BCUT2D eigenvalue weighted by molar-refractivity contribution is 0.496. The van der Waals surface area contributed by atoms with Crippen molar-refractivity contribution in [2.45, 2.75) is 33.1 Å². The molecular formula is C14H19. The van der Waals surface area contributed by atoms with E-state index in [9.17, 15) is 0 Å². The van der Waals surface area contributed by atoms with Crippen molar-refractivity contribution in [3.8, 4) is 0 Å². The molecule has 0 amide bonds. The molecule has 14 heavy (non-hydrogen) atoms. The maximum atomic E-state index is 2.38. The van der Waals surface area contributed by atoms with Crippen LogP contribution in [0.5, 0.6) is 0 Å². The Kier molecular flexibility index (Phi) is 2.90. The van der Waals surface area contributed by atoms with E-state index in [4.69, 9.17) is 0 Å². The van der Waals surface area contributed by atoms with E-state index in [2.05, 4.69) is 44.2 Å². The highest BCUT2D eigenvalue weighted by atomic mass is 14.4. The van der Waals surface area contributed by atoms with Crippen molar-refractivity contribution in [1.82, 2.24) is 0 Å². The molecule has 2 rings (SSSR count). The number of benzene rings is 1. The molecule has 1 saturated carbocycles. The molecule has 0 saturated heterocycles. The van der Waals surface area contributed by atoms with Gasteiger partial charge in [-0.3, -0.25) is 0 Å². The fourth-order valence-corrected chi connectivity index (χ4v) is 2.17. The van der Waals surface area contributed by atoms with Crippen LogP contribution in [-0.4, -0.2) is 0 Å². The molecule has 1 radical (unpaired) electrons. The highest BCUT2D eigenvalue weighted by Gasteiger charge is 2.40. The quantitative estimate of drug-likeness (QED) is 0.671. The molecule has 0 aliphatic heterocycles. The second-order valence-electron chi connectivity index (χ2n) is 4.52. The van der Waals surface area contributed by atoms with E-state index in [0.29, 0.717) is 0 Å². The van der Waals surface area contributed by atoms with Crippen LogP contribution < -0.4 is 0 Å². The first-order valence-electron chi connectivity index (χ1n) is 5.69. The van der Waals surface area contributed by atoms with Crippen LogP contribution in [0.1, 0.15) is 32.3 Å². The summed E-state index contributed by atoms with van der Waals surface area (Å²) in [6.07, 6.45) is 3.92. The van der Waals surface area contributed by atoms with Crippen molar-refractivity contribution in [3.63, 3.8) is 0 Å². The molecule has 0 N–H and O–H groups in total. The Morgan fingerprint density at radius 3 is 2.64 bits per heavy atom. The summed E-state index contributed by atoms with van der Waals surface area (Å²) in [5.74, 6) is 3.60. The smallest absolute Gasteiger partial charge is 0.0161 e. The zero-order valence-electron chi connectivity index (χ0n) is 9.16. The van der Waals surface area contributed by atoms with E-state index >= 15 is 0 Å². The van der Waals surface area contributed by atoms with Gasteiger partial charge in [0.1, 0.15) is 0 Å². The van der Waals surface area contributed by atoms with Gasteiger partial charge in [0.25, 0.3) is 0 Å². The molecule has 2 unspecified atom stereocenters. The largest absolute Gasteiger partial charge is 0.0651 e. The summed E-state index contributed by atoms with van der Waals surface area (Å²) >= 11 is 0. The van der Waals surface area contributed by atoms with Gasteiger partial charge in [0.15, 0.2) is 0 Å². The SMILES string of the molecule is CCC(C)C1C[C]1Cc1ccccc1. The Hall–Kier alpha value is -0.780. The van der Waals surface area contributed by atoms with Crippen molar-refractivity contribution in [1.29, 1.82) is 0 Å². The van der Waals surface area contributed by atoms with Crippen molar-refractivity contribution in [3.05, 3.63) is 41.8 Å². The molecule has 1 aromatic rings. The van der Waals surface area contributed by atoms with Gasteiger partial charge in [0, 0.05) is 0 Å². The van der Waals surface area contributed by atoms with E-state index in [-0.39, 0.29) is 0 Å². The van der Waals surface area contributed by atoms with Crippen LogP contribution in [0.2, 0.25) is 0 Å². The Bertz CT molecular complexity index is 275. The fourth-order valence-electron chi connectivity index (χ4n) is 2.17. The molecule has 0 spiro atoms. The van der Waals surface area contributed by atoms with Crippen LogP contribution >= 0.6 is 0 Å². The van der Waals surface area contributed by atoms with Crippen LogP contribution in [0.25, 0.3) is 0 Å². The van der Waals surface area contributed by atoms with E-state index in [1.54, 1.807) is 5.92 Å². The molecular weight excluding hydrogens is 168 g/mol. The molecule has 0 heteroatoms. The van der Waals surface area contributed by atoms with Crippen LogP contribution in [0, 0.1) is 17.8 Å². The third-order valence-electron chi connectivity index (χ3n) is 3.45. The van der Waals surface area contributed by atoms with Gasteiger partial charge in [-0.05, 0) is 36.2 Å². The van der Waals surface area contributed by atoms with Gasteiger partial charge in [0.05, 0.1) is 0 Å². The first kappa shape index (κ1) is 9.76. The number of hydrogen-bond acceptors (Lipinski definition) is 0. The summed E-state index contributed by atoms with van der Waals surface area (Å²) < 4.78 is 0. The molecule has 0 heterocycles. The minimum Gasteiger partial charge on any atom is -0.0651 e. The second kappa shape index (κ2) is 4.16. The Morgan fingerprint density at radius 1 is 1.29 bits per heavy atom. The number of rotatable bonds is 4. The summed E-state index contributed by atoms with van der Waals surface area (Å²) in [5, 5.41) is 0. The Morgan fingerprint density at radius 2 is 2.00 bits per heavy atom. The average molecular weight is 187 g/mol. The monoisotopic (exact) mass is 187 g/mol. The van der Waals surface area contributed by atoms with Crippen LogP contribution in [0.4, 0.5) is 0 Å². The predicted octanol–water partition coefficient (Wildman–Crippen LogP) is 3.87. The van der Waals surface area contributed by atoms with Gasteiger partial charge < -0.3 is 0 Å². The first-order chi connectivity index (χ1) is 6.81. The summed E-state index contributed by atoms with van der Waals surface area (Å²) in [6.45, 7) is 4.67. The summed E-state index contributed by atoms with van der Waals surface area (Å²) in [5.41, 5.74) is 1.48. The van der Waals surface area contributed by atoms with Gasteiger partial charge in [-0.25, -0.2) is 0 Å². The highest BCUT2D eigenvalue weighted by Crippen LogP contribution is 2.49. The maximum Gasteiger partial charge on any atom is -0.0161 e. The lowest BCUT2D eigenvalue weighted by Gasteiger charge is -2.06. The van der Waals surface area contributed by atoms with E-state index < -0.39 is 0 Å². The number of hydrogen-bond donors (Lipinski definition) is 0. The Labute approximate surface area is 87.3 Å². The van der Waals surface area contributed by atoms with Crippen molar-refractivity contribution < 1.29 is 0 Å². The van der Waals surface area contributed by atoms with Gasteiger partial charge in [0.2, 0.25) is 0 Å². The normalized spacial score (nSPS) is 23.4. The molecule has 1 aliphatic rings. The zero-order valence-corrected chi connectivity index (χ0v) is 9.16. The fraction of sp³-hybridized carbons (Fsp3) is 0.500. The first-order valence-corrected chi connectivity index (χ1v) is 5.69. The average Bonchev–Trinajstić information content (AvgIpc) is 2.98. The molecule has 0 nitrogen and oxygen atoms in total. The minimum atomic E-state index is 0.897. The molecule has 75 valence electrons. The topological polar surface area (TPSA) is 0 Å².